The third-order valence-corrected chi connectivity index (χ3v) is 5.94. The Labute approximate surface area is 187 Å². The van der Waals surface area contributed by atoms with Gasteiger partial charge in [0.25, 0.3) is 5.56 Å². The number of thiazole rings is 1. The molecular formula is C24H20N2O5S. The third kappa shape index (κ3) is 4.04. The molecule has 3 aromatic rings. The maximum atomic E-state index is 13.4. The maximum absolute atomic E-state index is 13.4. The molecule has 7 nitrogen and oxygen atoms in total. The number of allylic oxidation sites excluding steroid dienone is 1. The van der Waals surface area contributed by atoms with Crippen LogP contribution in [0.5, 0.6) is 5.75 Å². The first-order valence-corrected chi connectivity index (χ1v) is 10.6. The minimum absolute atomic E-state index is 0.269. The number of carbonyl (C=O) groups is 2. The number of rotatable bonds is 4. The van der Waals surface area contributed by atoms with Crippen LogP contribution < -0.4 is 19.6 Å². The van der Waals surface area contributed by atoms with Crippen LogP contribution in [-0.2, 0) is 14.3 Å². The lowest BCUT2D eigenvalue weighted by molar-refractivity contribution is -0.136. The van der Waals surface area contributed by atoms with Gasteiger partial charge in [0.1, 0.15) is 5.75 Å². The normalized spacial score (nSPS) is 15.7. The monoisotopic (exact) mass is 448 g/mol. The lowest BCUT2D eigenvalue weighted by Crippen LogP contribution is -2.39. The molecule has 2 heterocycles. The van der Waals surface area contributed by atoms with Gasteiger partial charge >= 0.3 is 11.9 Å². The van der Waals surface area contributed by atoms with E-state index in [-0.39, 0.29) is 5.56 Å². The van der Waals surface area contributed by atoms with Gasteiger partial charge in [-0.2, -0.15) is 0 Å². The van der Waals surface area contributed by atoms with Gasteiger partial charge in [-0.05, 0) is 36.3 Å². The molecule has 1 aromatic heterocycles. The Bertz CT molecular complexity index is 1420. The summed E-state index contributed by atoms with van der Waals surface area (Å²) in [7, 11) is 1.31. The second-order valence-corrected chi connectivity index (χ2v) is 8.16. The summed E-state index contributed by atoms with van der Waals surface area (Å²) in [6.07, 6.45) is 1.72. The second-order valence-electron chi connectivity index (χ2n) is 7.15. The first-order valence-electron chi connectivity index (χ1n) is 9.83. The number of hydrogen-bond donors (Lipinski definition) is 0. The van der Waals surface area contributed by atoms with E-state index in [4.69, 9.17) is 9.47 Å². The number of aromatic nitrogens is 1. The van der Waals surface area contributed by atoms with Crippen molar-refractivity contribution in [2.24, 2.45) is 4.99 Å². The molecule has 0 spiro atoms. The van der Waals surface area contributed by atoms with Crippen LogP contribution >= 0.6 is 11.3 Å². The minimum atomic E-state index is -0.644. The Morgan fingerprint density at radius 3 is 2.56 bits per heavy atom. The molecule has 0 amide bonds. The van der Waals surface area contributed by atoms with E-state index in [0.29, 0.717) is 31.9 Å². The van der Waals surface area contributed by atoms with E-state index in [1.807, 2.05) is 36.4 Å². The number of hydrogen-bond acceptors (Lipinski definition) is 7. The summed E-state index contributed by atoms with van der Waals surface area (Å²) in [5.74, 6) is -0.552. The van der Waals surface area contributed by atoms with Gasteiger partial charge in [0.15, 0.2) is 4.80 Å². The van der Waals surface area contributed by atoms with E-state index < -0.39 is 18.0 Å². The molecule has 1 aliphatic rings. The Morgan fingerprint density at radius 2 is 1.88 bits per heavy atom. The standard InChI is InChI=1S/C24H20N2O5S/c1-14-20(23(29)30-3)21(17-9-5-4-6-10-17)26-22(28)19(32-24(26)25-14)13-16-8-7-11-18(12-16)31-15(2)27/h4-13,21H,1-3H3/b19-13+. The van der Waals surface area contributed by atoms with Crippen molar-refractivity contribution in [1.82, 2.24) is 4.57 Å². The fourth-order valence-electron chi connectivity index (χ4n) is 3.63. The predicted octanol–water partition coefficient (Wildman–Crippen LogP) is 2.33. The van der Waals surface area contributed by atoms with Crippen LogP contribution in [0.1, 0.15) is 31.0 Å². The van der Waals surface area contributed by atoms with Gasteiger partial charge in [0.05, 0.1) is 29.0 Å². The molecule has 162 valence electrons. The summed E-state index contributed by atoms with van der Waals surface area (Å²) in [5, 5.41) is 0. The van der Waals surface area contributed by atoms with Crippen LogP contribution in [0.25, 0.3) is 6.08 Å². The zero-order valence-electron chi connectivity index (χ0n) is 17.7. The highest BCUT2D eigenvalue weighted by molar-refractivity contribution is 7.07. The van der Waals surface area contributed by atoms with Crippen molar-refractivity contribution in [3.63, 3.8) is 0 Å². The molecule has 2 aromatic carbocycles. The van der Waals surface area contributed by atoms with Crippen LogP contribution in [-0.4, -0.2) is 23.6 Å². The maximum Gasteiger partial charge on any atom is 0.338 e. The van der Waals surface area contributed by atoms with Crippen molar-refractivity contribution in [3.8, 4) is 5.75 Å². The molecule has 0 N–H and O–H groups in total. The van der Waals surface area contributed by atoms with E-state index >= 15 is 0 Å². The molecule has 0 radical (unpaired) electrons. The molecular weight excluding hydrogens is 428 g/mol. The summed E-state index contributed by atoms with van der Waals surface area (Å²) in [5.41, 5.74) is 2.06. The molecule has 32 heavy (non-hydrogen) atoms. The molecule has 0 saturated heterocycles. The smallest absolute Gasteiger partial charge is 0.338 e. The lowest BCUT2D eigenvalue weighted by atomic mass is 9.96. The molecule has 4 rings (SSSR count). The second kappa shape index (κ2) is 8.76. The molecule has 1 atom stereocenters. The van der Waals surface area contributed by atoms with E-state index in [9.17, 15) is 14.4 Å². The molecule has 1 aliphatic heterocycles. The Kier molecular flexibility index (Phi) is 5.87. The zero-order valence-corrected chi connectivity index (χ0v) is 18.5. The van der Waals surface area contributed by atoms with Crippen molar-refractivity contribution in [2.45, 2.75) is 19.9 Å². The van der Waals surface area contributed by atoms with Crippen molar-refractivity contribution >= 4 is 29.4 Å². The molecule has 1 unspecified atom stereocenters. The number of benzene rings is 2. The Morgan fingerprint density at radius 1 is 1.12 bits per heavy atom. The van der Waals surface area contributed by atoms with Crippen LogP contribution in [0.3, 0.4) is 0 Å². The largest absolute Gasteiger partial charge is 0.466 e. The first-order chi connectivity index (χ1) is 15.4. The quantitative estimate of drug-likeness (QED) is 0.452. The molecule has 0 saturated carbocycles. The van der Waals surface area contributed by atoms with Crippen LogP contribution in [0.2, 0.25) is 0 Å². The highest BCUT2D eigenvalue weighted by Crippen LogP contribution is 2.30. The molecule has 8 heteroatoms. The van der Waals surface area contributed by atoms with Crippen molar-refractivity contribution in [1.29, 1.82) is 0 Å². The highest BCUT2D eigenvalue weighted by atomic mass is 32.1. The third-order valence-electron chi connectivity index (χ3n) is 4.96. The summed E-state index contributed by atoms with van der Waals surface area (Å²) in [4.78, 5) is 42.3. The summed E-state index contributed by atoms with van der Waals surface area (Å²) in [6.45, 7) is 3.07. The van der Waals surface area contributed by atoms with E-state index in [0.717, 1.165) is 5.56 Å². The number of fused-ring (bicyclic) bond motifs is 1. The summed E-state index contributed by atoms with van der Waals surface area (Å²) in [6, 6.07) is 15.6. The van der Waals surface area contributed by atoms with Crippen LogP contribution in [0.4, 0.5) is 0 Å². The zero-order chi connectivity index (χ0) is 22.8. The van der Waals surface area contributed by atoms with E-state index in [2.05, 4.69) is 4.99 Å². The first kappa shape index (κ1) is 21.5. The van der Waals surface area contributed by atoms with Crippen molar-refractivity contribution in [2.75, 3.05) is 7.11 Å². The fraction of sp³-hybridized carbons (Fsp3) is 0.167. The number of nitrogens with zero attached hydrogens (tertiary/aromatic N) is 2. The number of esters is 2. The van der Waals surface area contributed by atoms with Gasteiger partial charge in [-0.25, -0.2) is 9.79 Å². The Hall–Kier alpha value is -3.78. The van der Waals surface area contributed by atoms with Crippen LogP contribution in [0, 0.1) is 0 Å². The van der Waals surface area contributed by atoms with Crippen molar-refractivity contribution < 1.29 is 19.1 Å². The fourth-order valence-corrected chi connectivity index (χ4v) is 4.68. The number of carbonyl (C=O) groups excluding carboxylic acids is 2. The Balaban J connectivity index is 1.91. The number of methoxy groups -OCH3 is 1. The predicted molar refractivity (Wildman–Crippen MR) is 120 cm³/mol. The van der Waals surface area contributed by atoms with E-state index in [1.165, 1.54) is 29.9 Å². The minimum Gasteiger partial charge on any atom is -0.466 e. The summed E-state index contributed by atoms with van der Waals surface area (Å²) < 4.78 is 12.1. The lowest BCUT2D eigenvalue weighted by Gasteiger charge is -2.24. The average Bonchev–Trinajstić information content (AvgIpc) is 3.07. The van der Waals surface area contributed by atoms with Gasteiger partial charge in [0.2, 0.25) is 0 Å². The molecule has 0 bridgehead atoms. The summed E-state index contributed by atoms with van der Waals surface area (Å²) >= 11 is 1.23. The van der Waals surface area contributed by atoms with Gasteiger partial charge in [0, 0.05) is 6.92 Å². The molecule has 0 fully saturated rings. The molecule has 0 aliphatic carbocycles. The topological polar surface area (TPSA) is 87.0 Å². The van der Waals surface area contributed by atoms with Crippen molar-refractivity contribution in [3.05, 3.63) is 96.7 Å². The van der Waals surface area contributed by atoms with Gasteiger partial charge in [-0.1, -0.05) is 53.8 Å². The number of ether oxygens (including phenoxy) is 2. The van der Waals surface area contributed by atoms with Gasteiger partial charge in [-0.3, -0.25) is 14.2 Å². The van der Waals surface area contributed by atoms with Gasteiger partial charge < -0.3 is 9.47 Å². The SMILES string of the molecule is COC(=O)C1=C(C)N=c2s/c(=C/c3cccc(OC(C)=O)c3)c(=O)n2C1c1ccccc1. The van der Waals surface area contributed by atoms with Crippen LogP contribution in [0.15, 0.2) is 75.7 Å². The average molecular weight is 449 g/mol. The van der Waals surface area contributed by atoms with Gasteiger partial charge in [-0.15, -0.1) is 0 Å². The van der Waals surface area contributed by atoms with E-state index in [1.54, 1.807) is 31.2 Å². The highest BCUT2D eigenvalue weighted by Gasteiger charge is 2.32.